The zero-order chi connectivity index (χ0) is 18.6. The molecular weight excluding hydrogens is 371 g/mol. The number of anilines is 1. The molecule has 0 amide bonds. The van der Waals surface area contributed by atoms with Crippen molar-refractivity contribution in [2.24, 2.45) is 5.92 Å². The second-order valence-electron chi connectivity index (χ2n) is 6.05. The van der Waals surface area contributed by atoms with Crippen molar-refractivity contribution < 1.29 is 13.2 Å². The summed E-state index contributed by atoms with van der Waals surface area (Å²) in [6, 6.07) is 7.22. The average molecular weight is 390 g/mol. The molecule has 0 spiro atoms. The van der Waals surface area contributed by atoms with Crippen LogP contribution in [-0.2, 0) is 6.42 Å². The van der Waals surface area contributed by atoms with E-state index in [-0.39, 0.29) is 22.4 Å². The summed E-state index contributed by atoms with van der Waals surface area (Å²) < 4.78 is 38.7. The summed E-state index contributed by atoms with van der Waals surface area (Å²) in [4.78, 5) is 8.64. The van der Waals surface area contributed by atoms with Crippen LogP contribution in [0.5, 0.6) is 0 Å². The summed E-state index contributed by atoms with van der Waals surface area (Å²) in [7, 11) is 0. The molecule has 25 heavy (non-hydrogen) atoms. The molecule has 1 heterocycles. The molecule has 0 aliphatic heterocycles. The van der Waals surface area contributed by atoms with Crippen LogP contribution in [0.25, 0.3) is 11.3 Å². The van der Waals surface area contributed by atoms with Gasteiger partial charge in [0.15, 0.2) is 0 Å². The Morgan fingerprint density at radius 1 is 1.24 bits per heavy atom. The minimum atomic E-state index is -4.42. The molecule has 0 atom stereocenters. The highest BCUT2D eigenvalue weighted by atomic mass is 35.5. The molecule has 0 radical (unpaired) electrons. The van der Waals surface area contributed by atoms with E-state index in [1.165, 1.54) is 0 Å². The van der Waals surface area contributed by atoms with E-state index in [2.05, 4.69) is 23.8 Å². The molecule has 0 saturated heterocycles. The largest absolute Gasteiger partial charge is 0.393 e. The van der Waals surface area contributed by atoms with Gasteiger partial charge in [0.1, 0.15) is 5.15 Å². The van der Waals surface area contributed by atoms with E-state index in [1.54, 1.807) is 23.9 Å². The number of nitrogens with zero attached hydrogens (tertiary/aromatic N) is 2. The molecule has 0 unspecified atom stereocenters. The monoisotopic (exact) mass is 389 g/mol. The smallest absolute Gasteiger partial charge is 0.368 e. The Labute approximate surface area is 154 Å². The molecule has 0 bridgehead atoms. The SMILES string of the molecule is CC(C)CCSc1cccc(-c2nc(N)nc(Cl)c2CC(F)(F)F)c1. The first-order valence-electron chi connectivity index (χ1n) is 7.77. The van der Waals surface area contributed by atoms with Gasteiger partial charge in [-0.05, 0) is 30.2 Å². The number of rotatable bonds is 6. The Balaban J connectivity index is 2.37. The van der Waals surface area contributed by atoms with Crippen LogP contribution >= 0.6 is 23.4 Å². The maximum absolute atomic E-state index is 12.9. The van der Waals surface area contributed by atoms with Crippen LogP contribution in [0.15, 0.2) is 29.2 Å². The highest BCUT2D eigenvalue weighted by molar-refractivity contribution is 7.99. The number of halogens is 4. The van der Waals surface area contributed by atoms with Crippen LogP contribution in [0, 0.1) is 5.92 Å². The first-order valence-corrected chi connectivity index (χ1v) is 9.14. The standard InChI is InChI=1S/C17H19ClF3N3S/c1-10(2)6-7-25-12-5-3-4-11(8-12)14-13(9-17(19,20)21)15(18)24-16(22)23-14/h3-5,8,10H,6-7,9H2,1-2H3,(H2,22,23,24). The van der Waals surface area contributed by atoms with Gasteiger partial charge in [-0.25, -0.2) is 9.97 Å². The minimum Gasteiger partial charge on any atom is -0.368 e. The van der Waals surface area contributed by atoms with Gasteiger partial charge in [-0.15, -0.1) is 11.8 Å². The Hall–Kier alpha value is -1.47. The number of benzene rings is 1. The number of thioether (sulfide) groups is 1. The van der Waals surface area contributed by atoms with Crippen molar-refractivity contribution in [3.8, 4) is 11.3 Å². The number of nitrogen functional groups attached to an aromatic ring is 1. The van der Waals surface area contributed by atoms with Gasteiger partial charge in [-0.2, -0.15) is 13.2 Å². The van der Waals surface area contributed by atoms with E-state index < -0.39 is 12.6 Å². The van der Waals surface area contributed by atoms with Gasteiger partial charge in [-0.1, -0.05) is 37.6 Å². The summed E-state index contributed by atoms with van der Waals surface area (Å²) in [5.41, 5.74) is 6.10. The minimum absolute atomic E-state index is 0.126. The molecule has 2 aromatic rings. The van der Waals surface area contributed by atoms with Crippen molar-refractivity contribution in [3.63, 3.8) is 0 Å². The van der Waals surface area contributed by atoms with Crippen molar-refractivity contribution in [3.05, 3.63) is 35.0 Å². The molecule has 8 heteroatoms. The topological polar surface area (TPSA) is 51.8 Å². The van der Waals surface area contributed by atoms with Crippen molar-refractivity contribution in [1.29, 1.82) is 0 Å². The van der Waals surface area contributed by atoms with Crippen molar-refractivity contribution in [2.45, 2.75) is 37.8 Å². The molecule has 0 saturated carbocycles. The van der Waals surface area contributed by atoms with Crippen molar-refractivity contribution in [2.75, 3.05) is 11.5 Å². The lowest BCUT2D eigenvalue weighted by atomic mass is 10.0. The summed E-state index contributed by atoms with van der Waals surface area (Å²) in [6.45, 7) is 4.29. The average Bonchev–Trinajstić information content (AvgIpc) is 2.48. The highest BCUT2D eigenvalue weighted by Crippen LogP contribution is 2.34. The number of nitrogens with two attached hydrogens (primary N) is 1. The summed E-state index contributed by atoms with van der Waals surface area (Å²) in [6.07, 6.45) is -4.56. The number of hydrogen-bond donors (Lipinski definition) is 1. The van der Waals surface area contributed by atoms with E-state index >= 15 is 0 Å². The second-order valence-corrected chi connectivity index (χ2v) is 7.58. The van der Waals surface area contributed by atoms with Gasteiger partial charge >= 0.3 is 6.18 Å². The van der Waals surface area contributed by atoms with E-state index in [1.807, 2.05) is 12.1 Å². The third-order valence-electron chi connectivity index (χ3n) is 3.42. The number of hydrogen-bond acceptors (Lipinski definition) is 4. The lowest BCUT2D eigenvalue weighted by Gasteiger charge is -2.14. The third-order valence-corrected chi connectivity index (χ3v) is 4.76. The third kappa shape index (κ3) is 6.08. The molecule has 1 aromatic carbocycles. The molecule has 1 aromatic heterocycles. The molecular formula is C17H19ClF3N3S. The van der Waals surface area contributed by atoms with Crippen molar-refractivity contribution >= 4 is 29.3 Å². The molecule has 136 valence electrons. The summed E-state index contributed by atoms with van der Waals surface area (Å²) >= 11 is 7.57. The van der Waals surface area contributed by atoms with E-state index in [0.717, 1.165) is 17.1 Å². The number of aromatic nitrogens is 2. The van der Waals surface area contributed by atoms with E-state index in [9.17, 15) is 13.2 Å². The summed E-state index contributed by atoms with van der Waals surface area (Å²) in [5, 5.41) is -0.266. The van der Waals surface area contributed by atoms with Crippen LogP contribution in [-0.4, -0.2) is 21.9 Å². The lowest BCUT2D eigenvalue weighted by molar-refractivity contribution is -0.127. The zero-order valence-corrected chi connectivity index (χ0v) is 15.5. The van der Waals surface area contributed by atoms with Gasteiger partial charge in [-0.3, -0.25) is 0 Å². The van der Waals surface area contributed by atoms with Gasteiger partial charge in [0.2, 0.25) is 5.95 Å². The predicted molar refractivity (Wildman–Crippen MR) is 96.8 cm³/mol. The highest BCUT2D eigenvalue weighted by Gasteiger charge is 2.31. The Morgan fingerprint density at radius 2 is 1.96 bits per heavy atom. The Kier molecular flexibility index (Phi) is 6.57. The fraction of sp³-hybridized carbons (Fsp3) is 0.412. The van der Waals surface area contributed by atoms with E-state index in [0.29, 0.717) is 11.5 Å². The van der Waals surface area contributed by atoms with Crippen molar-refractivity contribution in [1.82, 2.24) is 9.97 Å². The molecule has 2 N–H and O–H groups in total. The van der Waals surface area contributed by atoms with Gasteiger partial charge in [0.05, 0.1) is 12.1 Å². The van der Waals surface area contributed by atoms with Gasteiger partial charge in [0, 0.05) is 16.0 Å². The summed E-state index contributed by atoms with van der Waals surface area (Å²) in [5.74, 6) is 1.38. The molecule has 0 aliphatic rings. The van der Waals surface area contributed by atoms with Crippen LogP contribution in [0.3, 0.4) is 0 Å². The first kappa shape index (κ1) is 19.8. The lowest BCUT2D eigenvalue weighted by Crippen LogP contribution is -2.15. The zero-order valence-electron chi connectivity index (χ0n) is 13.9. The fourth-order valence-electron chi connectivity index (χ4n) is 2.21. The quantitative estimate of drug-likeness (QED) is 0.514. The van der Waals surface area contributed by atoms with Gasteiger partial charge in [0.25, 0.3) is 0 Å². The van der Waals surface area contributed by atoms with Crippen LogP contribution < -0.4 is 5.73 Å². The van der Waals surface area contributed by atoms with Crippen LogP contribution in [0.4, 0.5) is 19.1 Å². The normalized spacial score (nSPS) is 12.0. The van der Waals surface area contributed by atoms with E-state index in [4.69, 9.17) is 17.3 Å². The second kappa shape index (κ2) is 8.27. The molecule has 0 aliphatic carbocycles. The molecule has 2 rings (SSSR count). The maximum atomic E-state index is 12.9. The fourth-order valence-corrected chi connectivity index (χ4v) is 3.67. The Morgan fingerprint density at radius 3 is 2.60 bits per heavy atom. The molecule has 3 nitrogen and oxygen atoms in total. The van der Waals surface area contributed by atoms with Crippen LogP contribution in [0.1, 0.15) is 25.8 Å². The van der Waals surface area contributed by atoms with Gasteiger partial charge < -0.3 is 5.73 Å². The Bertz CT molecular complexity index is 736. The first-order chi connectivity index (χ1) is 11.7. The predicted octanol–water partition coefficient (Wildman–Crippen LogP) is 5.62. The molecule has 0 fully saturated rings. The maximum Gasteiger partial charge on any atom is 0.393 e. The number of alkyl halides is 3. The van der Waals surface area contributed by atoms with Crippen LogP contribution in [0.2, 0.25) is 5.15 Å².